The lowest BCUT2D eigenvalue weighted by molar-refractivity contribution is -0.114. The maximum Gasteiger partial charge on any atom is 0.250 e. The Morgan fingerprint density at radius 1 is 1.10 bits per heavy atom. The van der Waals surface area contributed by atoms with Crippen molar-refractivity contribution in [1.29, 1.82) is 0 Å². The highest BCUT2D eigenvalue weighted by Crippen LogP contribution is 2.23. The van der Waals surface area contributed by atoms with Gasteiger partial charge in [-0.3, -0.25) is 9.59 Å². The number of hydrogen-bond donors (Lipinski definition) is 1. The van der Waals surface area contributed by atoms with E-state index in [2.05, 4.69) is 0 Å². The van der Waals surface area contributed by atoms with Crippen LogP contribution in [0.3, 0.4) is 0 Å². The van der Waals surface area contributed by atoms with E-state index in [0.29, 0.717) is 5.56 Å². The van der Waals surface area contributed by atoms with Crippen molar-refractivity contribution in [2.24, 2.45) is 5.73 Å². The summed E-state index contributed by atoms with van der Waals surface area (Å²) in [5, 5.41) is 0. The highest BCUT2D eigenvalue weighted by atomic mass is 16.2. The van der Waals surface area contributed by atoms with E-state index in [1.54, 1.807) is 42.3 Å². The van der Waals surface area contributed by atoms with Gasteiger partial charge in [0.25, 0.3) is 5.91 Å². The SMILES string of the molecule is CN(C(=O)C=C1CCCCC1)c1ccc(C(N)=O)cc1. The molecule has 0 radical (unpaired) electrons. The van der Waals surface area contributed by atoms with Crippen LogP contribution >= 0.6 is 0 Å². The molecule has 0 aliphatic heterocycles. The van der Waals surface area contributed by atoms with E-state index in [0.717, 1.165) is 18.5 Å². The fraction of sp³-hybridized carbons (Fsp3) is 0.375. The van der Waals surface area contributed by atoms with Gasteiger partial charge in [0.2, 0.25) is 5.91 Å². The molecule has 4 heteroatoms. The van der Waals surface area contributed by atoms with Crippen LogP contribution in [0, 0.1) is 0 Å². The number of rotatable bonds is 3. The van der Waals surface area contributed by atoms with Gasteiger partial charge < -0.3 is 10.6 Å². The minimum Gasteiger partial charge on any atom is -0.366 e. The first-order valence-corrected chi connectivity index (χ1v) is 6.95. The Morgan fingerprint density at radius 2 is 1.70 bits per heavy atom. The predicted octanol–water partition coefficient (Wildman–Crippen LogP) is 2.64. The van der Waals surface area contributed by atoms with Crippen LogP contribution in [0.5, 0.6) is 0 Å². The van der Waals surface area contributed by atoms with E-state index < -0.39 is 5.91 Å². The van der Waals surface area contributed by atoms with Crippen molar-refractivity contribution in [3.05, 3.63) is 41.5 Å². The normalized spacial score (nSPS) is 14.8. The van der Waals surface area contributed by atoms with Gasteiger partial charge in [0, 0.05) is 24.4 Å². The lowest BCUT2D eigenvalue weighted by Crippen LogP contribution is -2.24. The molecule has 0 saturated heterocycles. The molecule has 1 aromatic carbocycles. The van der Waals surface area contributed by atoms with Gasteiger partial charge in [0.1, 0.15) is 0 Å². The van der Waals surface area contributed by atoms with Gasteiger partial charge in [-0.25, -0.2) is 0 Å². The number of nitrogens with zero attached hydrogens (tertiary/aromatic N) is 1. The third kappa shape index (κ3) is 3.47. The molecule has 0 heterocycles. The number of benzene rings is 1. The molecular weight excluding hydrogens is 252 g/mol. The van der Waals surface area contributed by atoms with Crippen LogP contribution in [0.4, 0.5) is 5.69 Å². The number of likely N-dealkylation sites (N-methyl/N-ethyl adjacent to an activating group) is 1. The Bertz CT molecular complexity index is 524. The molecule has 2 amide bonds. The fourth-order valence-electron chi connectivity index (χ4n) is 2.40. The first-order valence-electron chi connectivity index (χ1n) is 6.95. The molecule has 1 aliphatic rings. The summed E-state index contributed by atoms with van der Waals surface area (Å²) in [5.41, 5.74) is 7.63. The van der Waals surface area contributed by atoms with Crippen molar-refractivity contribution in [2.75, 3.05) is 11.9 Å². The van der Waals surface area contributed by atoms with Gasteiger partial charge in [0.15, 0.2) is 0 Å². The summed E-state index contributed by atoms with van der Waals surface area (Å²) in [4.78, 5) is 24.8. The van der Waals surface area contributed by atoms with Crippen molar-refractivity contribution in [3.63, 3.8) is 0 Å². The summed E-state index contributed by atoms with van der Waals surface area (Å²) in [6, 6.07) is 6.74. The molecule has 2 N–H and O–H groups in total. The maximum absolute atomic E-state index is 12.2. The van der Waals surface area contributed by atoms with E-state index in [4.69, 9.17) is 5.73 Å². The topological polar surface area (TPSA) is 63.4 Å². The van der Waals surface area contributed by atoms with Crippen molar-refractivity contribution in [2.45, 2.75) is 32.1 Å². The van der Waals surface area contributed by atoms with Crippen LogP contribution in [0.15, 0.2) is 35.9 Å². The van der Waals surface area contributed by atoms with Gasteiger partial charge in [-0.2, -0.15) is 0 Å². The second-order valence-electron chi connectivity index (χ2n) is 5.17. The van der Waals surface area contributed by atoms with Crippen molar-refractivity contribution in [1.82, 2.24) is 0 Å². The Morgan fingerprint density at radius 3 is 2.25 bits per heavy atom. The number of amides is 2. The average molecular weight is 272 g/mol. The van der Waals surface area contributed by atoms with Gasteiger partial charge in [-0.15, -0.1) is 0 Å². The molecule has 106 valence electrons. The number of primary amides is 1. The summed E-state index contributed by atoms with van der Waals surface area (Å²) >= 11 is 0. The van der Waals surface area contributed by atoms with E-state index in [1.807, 2.05) is 0 Å². The number of carbonyl (C=O) groups excluding carboxylic acids is 2. The van der Waals surface area contributed by atoms with E-state index >= 15 is 0 Å². The number of allylic oxidation sites excluding steroid dienone is 1. The van der Waals surface area contributed by atoms with Gasteiger partial charge in [0.05, 0.1) is 0 Å². The Balaban J connectivity index is 2.07. The monoisotopic (exact) mass is 272 g/mol. The summed E-state index contributed by atoms with van der Waals surface area (Å²) in [5.74, 6) is -0.483. The Labute approximate surface area is 119 Å². The molecule has 1 aromatic rings. The van der Waals surface area contributed by atoms with Gasteiger partial charge in [-0.05, 0) is 49.9 Å². The van der Waals surface area contributed by atoms with Crippen molar-refractivity contribution < 1.29 is 9.59 Å². The van der Waals surface area contributed by atoms with E-state index in [1.165, 1.54) is 24.8 Å². The fourth-order valence-corrected chi connectivity index (χ4v) is 2.40. The second-order valence-corrected chi connectivity index (χ2v) is 5.17. The zero-order valence-corrected chi connectivity index (χ0v) is 11.8. The highest BCUT2D eigenvalue weighted by Gasteiger charge is 2.12. The largest absolute Gasteiger partial charge is 0.366 e. The minimum atomic E-state index is -0.463. The Kier molecular flexibility index (Phi) is 4.56. The number of hydrogen-bond acceptors (Lipinski definition) is 2. The molecule has 4 nitrogen and oxygen atoms in total. The molecule has 20 heavy (non-hydrogen) atoms. The number of carbonyl (C=O) groups is 2. The van der Waals surface area contributed by atoms with Crippen LogP contribution in [-0.2, 0) is 4.79 Å². The molecule has 2 rings (SSSR count). The number of anilines is 1. The molecule has 1 aliphatic carbocycles. The average Bonchev–Trinajstić information content (AvgIpc) is 2.47. The minimum absolute atomic E-state index is 0.0197. The third-order valence-electron chi connectivity index (χ3n) is 3.69. The summed E-state index contributed by atoms with van der Waals surface area (Å²) < 4.78 is 0. The van der Waals surface area contributed by atoms with E-state index in [9.17, 15) is 9.59 Å². The van der Waals surface area contributed by atoms with Crippen LogP contribution in [0.1, 0.15) is 42.5 Å². The van der Waals surface area contributed by atoms with Crippen LogP contribution in [0.2, 0.25) is 0 Å². The van der Waals surface area contributed by atoms with Crippen LogP contribution < -0.4 is 10.6 Å². The molecule has 0 aromatic heterocycles. The molecule has 0 spiro atoms. The van der Waals surface area contributed by atoms with Crippen LogP contribution in [0.25, 0.3) is 0 Å². The standard InChI is InChI=1S/C16H20N2O2/c1-18(14-9-7-13(8-10-14)16(17)20)15(19)11-12-5-3-2-4-6-12/h7-11H,2-6H2,1H3,(H2,17,20). The third-order valence-corrected chi connectivity index (χ3v) is 3.69. The molecule has 0 unspecified atom stereocenters. The number of nitrogens with two attached hydrogens (primary N) is 1. The molecule has 1 fully saturated rings. The Hall–Kier alpha value is -2.10. The van der Waals surface area contributed by atoms with Gasteiger partial charge in [-0.1, -0.05) is 12.0 Å². The van der Waals surface area contributed by atoms with Crippen molar-refractivity contribution >= 4 is 17.5 Å². The lowest BCUT2D eigenvalue weighted by atomic mass is 9.94. The highest BCUT2D eigenvalue weighted by molar-refractivity contribution is 6.02. The quantitative estimate of drug-likeness (QED) is 0.860. The molecular formula is C16H20N2O2. The second kappa shape index (κ2) is 6.37. The smallest absolute Gasteiger partial charge is 0.250 e. The zero-order chi connectivity index (χ0) is 14.5. The van der Waals surface area contributed by atoms with E-state index in [-0.39, 0.29) is 5.91 Å². The molecule has 0 atom stereocenters. The first kappa shape index (κ1) is 14.3. The lowest BCUT2D eigenvalue weighted by Gasteiger charge is -2.18. The molecule has 1 saturated carbocycles. The predicted molar refractivity (Wildman–Crippen MR) is 79.5 cm³/mol. The van der Waals surface area contributed by atoms with Crippen molar-refractivity contribution in [3.8, 4) is 0 Å². The first-order chi connectivity index (χ1) is 9.58. The van der Waals surface area contributed by atoms with Crippen LogP contribution in [-0.4, -0.2) is 18.9 Å². The molecule has 0 bridgehead atoms. The zero-order valence-electron chi connectivity index (χ0n) is 11.8. The maximum atomic E-state index is 12.2. The summed E-state index contributed by atoms with van der Waals surface area (Å²) in [6.07, 6.45) is 7.42. The summed E-state index contributed by atoms with van der Waals surface area (Å²) in [6.45, 7) is 0. The van der Waals surface area contributed by atoms with Gasteiger partial charge >= 0.3 is 0 Å². The summed E-state index contributed by atoms with van der Waals surface area (Å²) in [7, 11) is 1.74.